The fourth-order valence-electron chi connectivity index (χ4n) is 3.10. The molecule has 1 amide bonds. The van der Waals surface area contributed by atoms with Crippen molar-refractivity contribution in [2.75, 3.05) is 19.4 Å². The molecule has 0 spiro atoms. The van der Waals surface area contributed by atoms with Gasteiger partial charge in [0.2, 0.25) is 0 Å². The second kappa shape index (κ2) is 9.20. The minimum absolute atomic E-state index is 0.0243. The molecule has 166 valence electrons. The molecule has 0 atom stereocenters. The number of rotatable bonds is 8. The van der Waals surface area contributed by atoms with E-state index in [-0.39, 0.29) is 48.0 Å². The van der Waals surface area contributed by atoms with Crippen LogP contribution in [-0.4, -0.2) is 35.8 Å². The Morgan fingerprint density at radius 1 is 1.23 bits per heavy atom. The lowest BCUT2D eigenvalue weighted by atomic mass is 10.0. The van der Waals surface area contributed by atoms with Crippen LogP contribution in [0, 0.1) is 5.41 Å². The van der Waals surface area contributed by atoms with E-state index < -0.39 is 31.2 Å². The number of aromatic nitrogens is 1. The van der Waals surface area contributed by atoms with E-state index in [1.165, 1.54) is 17.7 Å². The van der Waals surface area contributed by atoms with Crippen LogP contribution in [0.2, 0.25) is 0 Å². The van der Waals surface area contributed by atoms with Gasteiger partial charge in [0.1, 0.15) is 5.69 Å². The van der Waals surface area contributed by atoms with Gasteiger partial charge in [-0.15, -0.1) is 0 Å². The maximum atomic E-state index is 13.7. The number of nitrogens with zero attached hydrogens (tertiary/aromatic N) is 1. The summed E-state index contributed by atoms with van der Waals surface area (Å²) < 4.78 is 65.4. The Labute approximate surface area is 171 Å². The molecule has 0 aliphatic rings. The van der Waals surface area contributed by atoms with Crippen molar-refractivity contribution < 1.29 is 31.6 Å². The number of carbonyl (C=O) groups is 1. The summed E-state index contributed by atoms with van der Waals surface area (Å²) >= 11 is 0. The molecule has 0 saturated heterocycles. The van der Waals surface area contributed by atoms with Crippen molar-refractivity contribution in [2.24, 2.45) is 12.8 Å². The molecule has 1 heterocycles. The fourth-order valence-corrected chi connectivity index (χ4v) is 4.75. The largest absolute Gasteiger partial charge is 0.417 e. The van der Waals surface area contributed by atoms with Gasteiger partial charge >= 0.3 is 13.8 Å². The van der Waals surface area contributed by atoms with Crippen LogP contribution < -0.4 is 11.1 Å². The number of fused-ring (bicyclic) bond motifs is 1. The Morgan fingerprint density at radius 2 is 1.83 bits per heavy atom. The van der Waals surface area contributed by atoms with Crippen LogP contribution in [0.25, 0.3) is 10.9 Å². The normalized spacial score (nSPS) is 12.3. The van der Waals surface area contributed by atoms with Crippen LogP contribution >= 0.6 is 7.60 Å². The van der Waals surface area contributed by atoms with E-state index >= 15 is 0 Å². The van der Waals surface area contributed by atoms with E-state index in [1.54, 1.807) is 13.8 Å². The summed E-state index contributed by atoms with van der Waals surface area (Å²) in [6, 6.07) is 3.57. The number of halogens is 3. The quantitative estimate of drug-likeness (QED) is 0.324. The van der Waals surface area contributed by atoms with Gasteiger partial charge < -0.3 is 19.3 Å². The predicted octanol–water partition coefficient (Wildman–Crippen LogP) is 3.63. The first-order valence-electron chi connectivity index (χ1n) is 9.15. The average molecular weight is 448 g/mol. The van der Waals surface area contributed by atoms with Crippen LogP contribution in [0.3, 0.4) is 0 Å². The molecular weight excluding hydrogens is 424 g/mol. The molecular formula is C18H24F3N4O4P. The molecule has 2 rings (SSSR count). The number of carbonyl (C=O) groups excluding carboxylic acids is 1. The van der Waals surface area contributed by atoms with Crippen LogP contribution in [0.1, 0.15) is 35.5 Å². The number of aryl methyl sites for hydroxylation is 2. The van der Waals surface area contributed by atoms with E-state index in [0.717, 1.165) is 12.1 Å². The van der Waals surface area contributed by atoms with Crippen LogP contribution in [0.5, 0.6) is 0 Å². The molecule has 0 saturated carbocycles. The van der Waals surface area contributed by atoms with Crippen LogP contribution in [0.4, 0.5) is 13.2 Å². The fraction of sp³-hybridized carbons (Fsp3) is 0.444. The highest BCUT2D eigenvalue weighted by atomic mass is 31.2. The molecule has 1 aromatic carbocycles. The average Bonchev–Trinajstić information content (AvgIpc) is 2.95. The Hall–Kier alpha value is -2.36. The first-order chi connectivity index (χ1) is 13.9. The van der Waals surface area contributed by atoms with Crippen molar-refractivity contribution in [1.82, 2.24) is 9.88 Å². The molecule has 2 aromatic rings. The first-order valence-corrected chi connectivity index (χ1v) is 10.9. The molecule has 1 aromatic heterocycles. The van der Waals surface area contributed by atoms with E-state index in [0.29, 0.717) is 0 Å². The third-order valence-corrected chi connectivity index (χ3v) is 6.41. The summed E-state index contributed by atoms with van der Waals surface area (Å²) in [5, 5.41) is 9.03. The second-order valence-electron chi connectivity index (χ2n) is 6.45. The van der Waals surface area contributed by atoms with Gasteiger partial charge in [-0.1, -0.05) is 0 Å². The van der Waals surface area contributed by atoms with Gasteiger partial charge in [-0.05, 0) is 44.0 Å². The molecule has 0 bridgehead atoms. The lowest BCUT2D eigenvalue weighted by Crippen LogP contribution is -2.36. The van der Waals surface area contributed by atoms with Gasteiger partial charge in [0.25, 0.3) is 5.91 Å². The van der Waals surface area contributed by atoms with Gasteiger partial charge in [-0.3, -0.25) is 20.1 Å². The smallest absolute Gasteiger partial charge is 0.370 e. The van der Waals surface area contributed by atoms with E-state index in [1.807, 2.05) is 0 Å². The summed E-state index contributed by atoms with van der Waals surface area (Å²) in [5.74, 6) is -1.42. The lowest BCUT2D eigenvalue weighted by Gasteiger charge is -2.17. The summed E-state index contributed by atoms with van der Waals surface area (Å²) in [4.78, 5) is 12.2. The molecule has 30 heavy (non-hydrogen) atoms. The number of hydrogen-bond donors (Lipinski definition) is 3. The number of benzene rings is 1. The van der Waals surface area contributed by atoms with E-state index in [9.17, 15) is 22.5 Å². The molecule has 0 fully saturated rings. The maximum absolute atomic E-state index is 13.7. The van der Waals surface area contributed by atoms with Gasteiger partial charge in [-0.25, -0.2) is 0 Å². The van der Waals surface area contributed by atoms with Crippen LogP contribution in [0.15, 0.2) is 18.2 Å². The zero-order valence-corrected chi connectivity index (χ0v) is 17.7. The third-order valence-electron chi connectivity index (χ3n) is 4.33. The zero-order chi connectivity index (χ0) is 22.7. The van der Waals surface area contributed by atoms with Crippen molar-refractivity contribution in [3.8, 4) is 0 Å². The SMILES string of the molecule is CCOP(=O)(CCc1cc(C(F)(F)F)c2cc(C(=O)NC(=N)N)n(C)c2c1)OCC. The number of nitrogens with two attached hydrogens (primary N) is 1. The first kappa shape index (κ1) is 23.9. The van der Waals surface area contributed by atoms with Crippen molar-refractivity contribution in [3.05, 3.63) is 35.0 Å². The third kappa shape index (κ3) is 5.41. The summed E-state index contributed by atoms with van der Waals surface area (Å²) in [5.41, 5.74) is 4.57. The van der Waals surface area contributed by atoms with E-state index in [4.69, 9.17) is 20.2 Å². The number of amides is 1. The highest BCUT2D eigenvalue weighted by Crippen LogP contribution is 2.48. The molecule has 0 radical (unpaired) electrons. The Morgan fingerprint density at radius 3 is 2.33 bits per heavy atom. The Bertz CT molecular complexity index is 993. The highest BCUT2D eigenvalue weighted by Gasteiger charge is 2.35. The van der Waals surface area contributed by atoms with Gasteiger partial charge in [0.15, 0.2) is 5.96 Å². The van der Waals surface area contributed by atoms with Crippen molar-refractivity contribution in [1.29, 1.82) is 5.41 Å². The topological polar surface area (TPSA) is 119 Å². The molecule has 0 unspecified atom stereocenters. The minimum Gasteiger partial charge on any atom is -0.370 e. The van der Waals surface area contributed by atoms with Gasteiger partial charge in [-0.2, -0.15) is 13.2 Å². The summed E-state index contributed by atoms with van der Waals surface area (Å²) in [6.07, 6.45) is -4.73. The van der Waals surface area contributed by atoms with Crippen LogP contribution in [-0.2, 0) is 33.3 Å². The number of hydrogen-bond acceptors (Lipinski definition) is 5. The number of nitrogens with one attached hydrogen (secondary N) is 2. The Kier molecular flexibility index (Phi) is 7.33. The zero-order valence-electron chi connectivity index (χ0n) is 16.8. The monoisotopic (exact) mass is 448 g/mol. The van der Waals surface area contributed by atoms with Crippen molar-refractivity contribution in [3.63, 3.8) is 0 Å². The second-order valence-corrected chi connectivity index (χ2v) is 8.64. The molecule has 12 heteroatoms. The van der Waals surface area contributed by atoms with Gasteiger partial charge in [0.05, 0.1) is 24.9 Å². The summed E-state index contributed by atoms with van der Waals surface area (Å²) in [7, 11) is -1.99. The highest BCUT2D eigenvalue weighted by molar-refractivity contribution is 7.53. The van der Waals surface area contributed by atoms with Crippen molar-refractivity contribution in [2.45, 2.75) is 26.4 Å². The summed E-state index contributed by atoms with van der Waals surface area (Å²) in [6.45, 7) is 3.60. The lowest BCUT2D eigenvalue weighted by molar-refractivity contribution is -0.136. The number of guanidine groups is 1. The standard InChI is InChI=1S/C18H24F3N4O4P/c1-4-28-30(27,29-5-2)7-6-11-8-13(18(19,20)21)12-10-15(16(26)24-17(22)23)25(3)14(12)9-11/h8-10H,4-7H2,1-3H3,(H4,22,23,24,26). The van der Waals surface area contributed by atoms with E-state index in [2.05, 4.69) is 5.32 Å². The molecule has 8 nitrogen and oxygen atoms in total. The number of alkyl halides is 3. The van der Waals surface area contributed by atoms with Crippen molar-refractivity contribution >= 4 is 30.4 Å². The van der Waals surface area contributed by atoms with Gasteiger partial charge in [0, 0.05) is 18.0 Å². The minimum atomic E-state index is -4.67. The maximum Gasteiger partial charge on any atom is 0.417 e. The molecule has 0 aliphatic heterocycles. The predicted molar refractivity (Wildman–Crippen MR) is 107 cm³/mol. The molecule has 0 aliphatic carbocycles. The molecule has 4 N–H and O–H groups in total. The Balaban J connectivity index is 2.52.